The number of ether oxygens (including phenoxy) is 2. The second-order valence-electron chi connectivity index (χ2n) is 14.4. The fraction of sp³-hybridized carbons (Fsp3) is 0.625. The van der Waals surface area contributed by atoms with Crippen LogP contribution in [0.1, 0.15) is 75.2 Å². The molecule has 5 atom stereocenters. The summed E-state index contributed by atoms with van der Waals surface area (Å²) in [5.41, 5.74) is 5.99. The average molecular weight is 563 g/mol. The number of hydrogen-bond acceptors (Lipinski definition) is 5. The van der Waals surface area contributed by atoms with E-state index >= 15 is 0 Å². The van der Waals surface area contributed by atoms with Crippen molar-refractivity contribution in [3.05, 3.63) is 66.8 Å². The lowest BCUT2D eigenvalue weighted by Crippen LogP contribution is -2.65. The summed E-state index contributed by atoms with van der Waals surface area (Å²) >= 11 is 1.49. The van der Waals surface area contributed by atoms with Gasteiger partial charge in [-0.05, 0) is 102 Å². The van der Waals surface area contributed by atoms with Crippen LogP contribution < -0.4 is 11.1 Å². The van der Waals surface area contributed by atoms with Crippen molar-refractivity contribution in [1.82, 2.24) is 5.32 Å². The Morgan fingerprint density at radius 3 is 2.10 bits per heavy atom. The first-order chi connectivity index (χ1) is 17.6. The maximum absolute atomic E-state index is 14.0. The summed E-state index contributed by atoms with van der Waals surface area (Å²) in [5.74, 6) is 0.0693. The molecule has 39 heavy (non-hydrogen) atoms. The van der Waals surface area contributed by atoms with Crippen LogP contribution in [0.4, 0.5) is 8.78 Å². The summed E-state index contributed by atoms with van der Waals surface area (Å²) < 4.78 is 40.0. The number of fused-ring (bicyclic) bond motifs is 1. The van der Waals surface area contributed by atoms with Crippen molar-refractivity contribution in [3.63, 3.8) is 0 Å². The number of benzene rings is 1. The first-order valence-electron chi connectivity index (χ1n) is 13.7. The normalized spacial score (nSPS) is 28.5. The van der Waals surface area contributed by atoms with Crippen LogP contribution >= 0.6 is 11.8 Å². The molecule has 2 aliphatic carbocycles. The van der Waals surface area contributed by atoms with Gasteiger partial charge < -0.3 is 20.5 Å². The number of nitrogens with two attached hydrogens (primary N) is 1. The highest BCUT2D eigenvalue weighted by Gasteiger charge is 2.81. The smallest absolute Gasteiger partial charge is 0.180 e. The van der Waals surface area contributed by atoms with E-state index in [4.69, 9.17) is 15.2 Å². The van der Waals surface area contributed by atoms with Crippen molar-refractivity contribution < 1.29 is 18.3 Å². The Morgan fingerprint density at radius 1 is 1.00 bits per heavy atom. The first-order valence-corrected chi connectivity index (χ1v) is 14.7. The minimum atomic E-state index is -0.854. The second kappa shape index (κ2) is 10.4. The fourth-order valence-electron chi connectivity index (χ4n) is 6.38. The highest BCUT2D eigenvalue weighted by atomic mass is 32.2. The van der Waals surface area contributed by atoms with Crippen LogP contribution in [0.15, 0.2) is 60.0 Å². The third-order valence-electron chi connectivity index (χ3n) is 7.45. The van der Waals surface area contributed by atoms with Crippen molar-refractivity contribution in [3.8, 4) is 0 Å². The molecule has 1 aromatic rings. The van der Waals surface area contributed by atoms with Gasteiger partial charge in [-0.15, -0.1) is 11.8 Å². The molecule has 0 aromatic heterocycles. The largest absolute Gasteiger partial charge is 0.493 e. The minimum Gasteiger partial charge on any atom is -0.493 e. The molecule has 3 rings (SSSR count). The predicted octanol–water partition coefficient (Wildman–Crippen LogP) is 7.96. The Labute approximate surface area is 238 Å². The molecule has 5 unspecified atom stereocenters. The van der Waals surface area contributed by atoms with Crippen LogP contribution in [0, 0.1) is 34.8 Å². The quantitative estimate of drug-likeness (QED) is 0.172. The highest BCUT2D eigenvalue weighted by molar-refractivity contribution is 7.99. The summed E-state index contributed by atoms with van der Waals surface area (Å²) in [6.45, 7) is 31.7. The van der Waals surface area contributed by atoms with Gasteiger partial charge in [-0.2, -0.15) is 0 Å². The Balaban J connectivity index is 2.06. The predicted molar refractivity (Wildman–Crippen MR) is 158 cm³/mol. The van der Waals surface area contributed by atoms with E-state index in [9.17, 15) is 8.78 Å². The lowest BCUT2D eigenvalue weighted by molar-refractivity contribution is 0.0211. The van der Waals surface area contributed by atoms with Gasteiger partial charge in [0.1, 0.15) is 11.2 Å². The van der Waals surface area contributed by atoms with Crippen LogP contribution in [0.3, 0.4) is 0 Å². The molecule has 0 aliphatic heterocycles. The SMILES string of the molecule is C=C(NC1(C(=C)CC(C)(C)C)C(CSc2ccc(F)c(F)c2)CC2C(C(=C)OC(C)(C)C)C21N)OC(C)(C)C. The molecule has 7 heteroatoms. The van der Waals surface area contributed by atoms with E-state index < -0.39 is 33.9 Å². The molecule has 2 fully saturated rings. The Kier molecular flexibility index (Phi) is 8.44. The lowest BCUT2D eigenvalue weighted by Gasteiger charge is -2.48. The van der Waals surface area contributed by atoms with Gasteiger partial charge in [-0.25, -0.2) is 8.78 Å². The van der Waals surface area contributed by atoms with Gasteiger partial charge in [-0.1, -0.05) is 33.9 Å². The summed E-state index contributed by atoms with van der Waals surface area (Å²) in [6, 6.07) is 4.02. The number of halogens is 2. The topological polar surface area (TPSA) is 56.5 Å². The number of rotatable bonds is 10. The number of hydrogen-bond donors (Lipinski definition) is 2. The van der Waals surface area contributed by atoms with Crippen LogP contribution in [-0.2, 0) is 9.47 Å². The Bertz CT molecular complexity index is 1130. The molecule has 0 radical (unpaired) electrons. The zero-order valence-corrected chi connectivity index (χ0v) is 26.1. The van der Waals surface area contributed by atoms with Crippen molar-refractivity contribution in [1.29, 1.82) is 0 Å². The third kappa shape index (κ3) is 6.67. The van der Waals surface area contributed by atoms with Crippen LogP contribution in [0.25, 0.3) is 0 Å². The molecule has 0 bridgehead atoms. The van der Waals surface area contributed by atoms with E-state index in [1.165, 1.54) is 23.9 Å². The molecule has 1 aromatic carbocycles. The van der Waals surface area contributed by atoms with Gasteiger partial charge in [0.2, 0.25) is 0 Å². The molecular formula is C32H48F2N2O2S. The maximum Gasteiger partial charge on any atom is 0.180 e. The van der Waals surface area contributed by atoms with Crippen LogP contribution in [0.5, 0.6) is 0 Å². The van der Waals surface area contributed by atoms with Gasteiger partial charge in [0, 0.05) is 16.6 Å². The third-order valence-corrected chi connectivity index (χ3v) is 8.61. The zero-order valence-electron chi connectivity index (χ0n) is 25.3. The summed E-state index contributed by atoms with van der Waals surface area (Å²) in [4.78, 5) is 0.665. The monoisotopic (exact) mass is 562 g/mol. The average Bonchev–Trinajstić information content (AvgIpc) is 3.24. The van der Waals surface area contributed by atoms with Gasteiger partial charge in [0.25, 0.3) is 0 Å². The second-order valence-corrected chi connectivity index (χ2v) is 15.5. The molecule has 0 saturated heterocycles. The molecule has 4 nitrogen and oxygen atoms in total. The number of nitrogens with one attached hydrogen (secondary N) is 1. The van der Waals surface area contributed by atoms with E-state index in [1.54, 1.807) is 6.07 Å². The van der Waals surface area contributed by atoms with Gasteiger partial charge in [0.05, 0.1) is 16.8 Å². The molecular weight excluding hydrogens is 514 g/mol. The molecule has 3 N–H and O–H groups in total. The van der Waals surface area contributed by atoms with E-state index in [2.05, 4.69) is 45.8 Å². The number of thioether (sulfide) groups is 1. The molecule has 2 saturated carbocycles. The Morgan fingerprint density at radius 2 is 1.59 bits per heavy atom. The summed E-state index contributed by atoms with van der Waals surface area (Å²) in [7, 11) is 0. The molecule has 0 amide bonds. The summed E-state index contributed by atoms with van der Waals surface area (Å²) in [6.07, 6.45) is 1.52. The van der Waals surface area contributed by atoms with Crippen molar-refractivity contribution in [2.24, 2.45) is 28.9 Å². The lowest BCUT2D eigenvalue weighted by atomic mass is 9.69. The Hall–Kier alpha value is -1.99. The van der Waals surface area contributed by atoms with E-state index in [0.29, 0.717) is 22.3 Å². The van der Waals surface area contributed by atoms with Crippen molar-refractivity contribution in [2.75, 3.05) is 5.75 Å². The fourth-order valence-corrected chi connectivity index (χ4v) is 7.51. The molecule has 0 heterocycles. The van der Waals surface area contributed by atoms with E-state index in [-0.39, 0.29) is 23.2 Å². The zero-order chi connectivity index (χ0) is 29.8. The van der Waals surface area contributed by atoms with Crippen LogP contribution in [-0.4, -0.2) is 28.0 Å². The van der Waals surface area contributed by atoms with E-state index in [0.717, 1.165) is 18.4 Å². The molecule has 2 aliphatic rings. The summed E-state index contributed by atoms with van der Waals surface area (Å²) in [5, 5.41) is 3.67. The molecule has 218 valence electrons. The first kappa shape index (κ1) is 31.5. The molecule has 0 spiro atoms. The van der Waals surface area contributed by atoms with Crippen LogP contribution in [0.2, 0.25) is 0 Å². The van der Waals surface area contributed by atoms with Gasteiger partial charge >= 0.3 is 0 Å². The van der Waals surface area contributed by atoms with Gasteiger partial charge in [0.15, 0.2) is 17.5 Å². The maximum atomic E-state index is 14.0. The van der Waals surface area contributed by atoms with E-state index in [1.807, 2.05) is 41.5 Å². The van der Waals surface area contributed by atoms with Gasteiger partial charge in [-0.3, -0.25) is 0 Å². The highest BCUT2D eigenvalue weighted by Crippen LogP contribution is 2.71. The van der Waals surface area contributed by atoms with Crippen molar-refractivity contribution >= 4 is 11.8 Å². The van der Waals surface area contributed by atoms with Crippen molar-refractivity contribution in [2.45, 2.75) is 102 Å². The minimum absolute atomic E-state index is 0.0134. The standard InChI is InChI=1S/C32H48F2N2O2S/c1-19(17-28(4,5)6)32(36-21(3)38-30(10,11)12)22(18-39-23-13-14-25(33)26(34)16-23)15-24-27(31(24,32)35)20(2)37-29(7,8)9/h13-14,16,22,24,27,36H,1-3,15,17-18,35H2,4-12H3.